The maximum Gasteiger partial charge on any atom is 0.233 e. The molecule has 6 heteroatoms. The molecule has 1 aromatic rings. The highest BCUT2D eigenvalue weighted by Crippen LogP contribution is 2.18. The van der Waals surface area contributed by atoms with Crippen LogP contribution in [0.15, 0.2) is 12.3 Å². The van der Waals surface area contributed by atoms with E-state index in [1.54, 1.807) is 0 Å². The standard InChI is InChI=1S/C8H8ClN3O2/c9-6-1-2-10-8(11-6)12-4-5(13)3-7(12)14/h1-2,5,13H,3-4H2. The molecule has 1 fully saturated rings. The maximum absolute atomic E-state index is 11.3. The largest absolute Gasteiger partial charge is 0.391 e. The van der Waals surface area contributed by atoms with Gasteiger partial charge in [-0.2, -0.15) is 0 Å². The summed E-state index contributed by atoms with van der Waals surface area (Å²) in [6.07, 6.45) is 0.962. The van der Waals surface area contributed by atoms with Crippen LogP contribution in [0.4, 0.5) is 5.95 Å². The minimum atomic E-state index is -0.634. The van der Waals surface area contributed by atoms with Gasteiger partial charge in [-0.3, -0.25) is 9.69 Å². The summed E-state index contributed by atoms with van der Waals surface area (Å²) >= 11 is 5.66. The van der Waals surface area contributed by atoms with Gasteiger partial charge in [0, 0.05) is 6.20 Å². The van der Waals surface area contributed by atoms with Crippen molar-refractivity contribution in [3.8, 4) is 0 Å². The van der Waals surface area contributed by atoms with E-state index in [9.17, 15) is 9.90 Å². The number of rotatable bonds is 1. The molecule has 1 aliphatic heterocycles. The van der Waals surface area contributed by atoms with E-state index in [2.05, 4.69) is 9.97 Å². The number of hydrogen-bond acceptors (Lipinski definition) is 4. The van der Waals surface area contributed by atoms with Crippen molar-refractivity contribution in [3.05, 3.63) is 17.4 Å². The fraction of sp³-hybridized carbons (Fsp3) is 0.375. The molecular formula is C8H8ClN3O2. The third kappa shape index (κ3) is 1.69. The predicted molar refractivity (Wildman–Crippen MR) is 50.0 cm³/mol. The molecule has 2 rings (SSSR count). The van der Waals surface area contributed by atoms with E-state index in [1.807, 2.05) is 0 Å². The summed E-state index contributed by atoms with van der Waals surface area (Å²) < 4.78 is 0. The van der Waals surface area contributed by atoms with Gasteiger partial charge in [0.2, 0.25) is 11.9 Å². The second kappa shape index (κ2) is 3.51. The monoisotopic (exact) mass is 213 g/mol. The minimum Gasteiger partial charge on any atom is -0.391 e. The van der Waals surface area contributed by atoms with Crippen molar-refractivity contribution in [1.82, 2.24) is 9.97 Å². The van der Waals surface area contributed by atoms with E-state index >= 15 is 0 Å². The second-order valence-electron chi connectivity index (χ2n) is 3.04. The Morgan fingerprint density at radius 3 is 3.00 bits per heavy atom. The number of β-amino-alcohol motifs (C(OH)–C–C–N with tert-alkyl or cyclic N) is 1. The van der Waals surface area contributed by atoms with Crippen LogP contribution in [-0.2, 0) is 4.79 Å². The van der Waals surface area contributed by atoms with Gasteiger partial charge in [0.15, 0.2) is 0 Å². The number of carbonyl (C=O) groups is 1. The van der Waals surface area contributed by atoms with Crippen LogP contribution >= 0.6 is 11.6 Å². The second-order valence-corrected chi connectivity index (χ2v) is 3.43. The molecule has 1 saturated heterocycles. The molecule has 0 aromatic carbocycles. The smallest absolute Gasteiger partial charge is 0.233 e. The Kier molecular flexibility index (Phi) is 2.35. The van der Waals surface area contributed by atoms with Crippen LogP contribution in [0.2, 0.25) is 5.15 Å². The van der Waals surface area contributed by atoms with Gasteiger partial charge in [-0.15, -0.1) is 0 Å². The zero-order valence-corrected chi connectivity index (χ0v) is 7.98. The highest BCUT2D eigenvalue weighted by molar-refractivity contribution is 6.29. The van der Waals surface area contributed by atoms with Gasteiger partial charge in [-0.1, -0.05) is 11.6 Å². The first-order valence-electron chi connectivity index (χ1n) is 4.14. The van der Waals surface area contributed by atoms with E-state index in [4.69, 9.17) is 11.6 Å². The lowest BCUT2D eigenvalue weighted by molar-refractivity contribution is -0.117. The number of aliphatic hydroxyl groups excluding tert-OH is 1. The zero-order chi connectivity index (χ0) is 10.1. The van der Waals surface area contributed by atoms with Crippen LogP contribution in [0.5, 0.6) is 0 Å². The number of nitrogens with zero attached hydrogens (tertiary/aromatic N) is 3. The molecule has 5 nitrogen and oxygen atoms in total. The van der Waals surface area contributed by atoms with Gasteiger partial charge >= 0.3 is 0 Å². The number of carbonyl (C=O) groups excluding carboxylic acids is 1. The lowest BCUT2D eigenvalue weighted by atomic mass is 10.3. The van der Waals surface area contributed by atoms with Crippen molar-refractivity contribution in [2.75, 3.05) is 11.4 Å². The summed E-state index contributed by atoms with van der Waals surface area (Å²) in [6, 6.07) is 1.53. The van der Waals surface area contributed by atoms with E-state index in [0.29, 0.717) is 0 Å². The minimum absolute atomic E-state index is 0.121. The first-order valence-corrected chi connectivity index (χ1v) is 4.51. The summed E-state index contributed by atoms with van der Waals surface area (Å²) in [7, 11) is 0. The summed E-state index contributed by atoms with van der Waals surface area (Å²) in [5.74, 6) is 0.0683. The highest BCUT2D eigenvalue weighted by atomic mass is 35.5. The SMILES string of the molecule is O=C1CC(O)CN1c1nccc(Cl)n1. The Hall–Kier alpha value is -1.20. The summed E-state index contributed by atoms with van der Waals surface area (Å²) in [5.41, 5.74) is 0. The molecular weight excluding hydrogens is 206 g/mol. The quantitative estimate of drug-likeness (QED) is 0.678. The molecule has 0 radical (unpaired) electrons. The summed E-state index contributed by atoms with van der Waals surface area (Å²) in [6.45, 7) is 0.235. The summed E-state index contributed by atoms with van der Waals surface area (Å²) in [4.78, 5) is 20.5. The molecule has 0 spiro atoms. The van der Waals surface area contributed by atoms with Gasteiger partial charge in [-0.05, 0) is 6.07 Å². The number of aromatic nitrogens is 2. The zero-order valence-electron chi connectivity index (χ0n) is 7.22. The van der Waals surface area contributed by atoms with Crippen LogP contribution in [-0.4, -0.2) is 33.6 Å². The number of halogens is 1. The fourth-order valence-electron chi connectivity index (χ4n) is 1.34. The highest BCUT2D eigenvalue weighted by Gasteiger charge is 2.30. The molecule has 0 bridgehead atoms. The third-order valence-corrected chi connectivity index (χ3v) is 2.17. The van der Waals surface area contributed by atoms with Gasteiger partial charge < -0.3 is 5.11 Å². The third-order valence-electron chi connectivity index (χ3n) is 1.95. The Morgan fingerprint density at radius 1 is 1.64 bits per heavy atom. The lowest BCUT2D eigenvalue weighted by Gasteiger charge is -2.12. The molecule has 2 heterocycles. The van der Waals surface area contributed by atoms with Crippen LogP contribution in [0.1, 0.15) is 6.42 Å². The van der Waals surface area contributed by atoms with Gasteiger partial charge in [0.1, 0.15) is 5.15 Å². The molecule has 1 N–H and O–H groups in total. The van der Waals surface area contributed by atoms with E-state index in [0.717, 1.165) is 0 Å². The number of amides is 1. The predicted octanol–water partition coefficient (Wildman–Crippen LogP) is 0.228. The van der Waals surface area contributed by atoms with E-state index in [1.165, 1.54) is 17.2 Å². The Bertz CT molecular complexity index is 371. The van der Waals surface area contributed by atoms with E-state index < -0.39 is 6.10 Å². The first kappa shape index (κ1) is 9.36. The Morgan fingerprint density at radius 2 is 2.43 bits per heavy atom. The van der Waals surface area contributed by atoms with Crippen molar-refractivity contribution in [1.29, 1.82) is 0 Å². The van der Waals surface area contributed by atoms with Crippen molar-refractivity contribution in [2.24, 2.45) is 0 Å². The van der Waals surface area contributed by atoms with Crippen LogP contribution in [0.3, 0.4) is 0 Å². The normalized spacial score (nSPS) is 21.7. The maximum atomic E-state index is 11.3. The fourth-order valence-corrected chi connectivity index (χ4v) is 1.47. The number of aliphatic hydroxyl groups is 1. The van der Waals surface area contributed by atoms with Crippen molar-refractivity contribution in [3.63, 3.8) is 0 Å². The number of hydrogen-bond donors (Lipinski definition) is 1. The van der Waals surface area contributed by atoms with Crippen molar-refractivity contribution < 1.29 is 9.90 Å². The van der Waals surface area contributed by atoms with Gasteiger partial charge in [-0.25, -0.2) is 9.97 Å². The molecule has 1 aliphatic rings. The average Bonchev–Trinajstić information content (AvgIpc) is 2.45. The lowest BCUT2D eigenvalue weighted by Crippen LogP contribution is -2.27. The Labute approximate surface area is 85.3 Å². The molecule has 0 saturated carbocycles. The molecule has 74 valence electrons. The van der Waals surface area contributed by atoms with Gasteiger partial charge in [0.25, 0.3) is 0 Å². The summed E-state index contributed by atoms with van der Waals surface area (Å²) in [5, 5.41) is 9.53. The van der Waals surface area contributed by atoms with Crippen molar-refractivity contribution in [2.45, 2.75) is 12.5 Å². The first-order chi connectivity index (χ1) is 6.66. The van der Waals surface area contributed by atoms with Gasteiger partial charge in [0.05, 0.1) is 19.1 Å². The molecule has 1 atom stereocenters. The molecule has 1 aromatic heterocycles. The number of anilines is 1. The topological polar surface area (TPSA) is 66.3 Å². The Balaban J connectivity index is 2.27. The van der Waals surface area contributed by atoms with Crippen LogP contribution in [0.25, 0.3) is 0 Å². The van der Waals surface area contributed by atoms with Crippen molar-refractivity contribution >= 4 is 23.5 Å². The molecule has 1 unspecified atom stereocenters. The van der Waals surface area contributed by atoms with Crippen LogP contribution in [0, 0.1) is 0 Å². The average molecular weight is 214 g/mol. The van der Waals surface area contributed by atoms with E-state index in [-0.39, 0.29) is 30.0 Å². The molecule has 14 heavy (non-hydrogen) atoms. The molecule has 0 aliphatic carbocycles. The van der Waals surface area contributed by atoms with Crippen LogP contribution < -0.4 is 4.90 Å². The molecule has 1 amide bonds.